The molecule has 17 heavy (non-hydrogen) atoms. The molecular weight excluding hydrogens is 216 g/mol. The van der Waals surface area contributed by atoms with E-state index in [2.05, 4.69) is 19.2 Å². The maximum absolute atomic E-state index is 11.6. The van der Waals surface area contributed by atoms with Crippen molar-refractivity contribution in [3.63, 3.8) is 0 Å². The van der Waals surface area contributed by atoms with Gasteiger partial charge in [0.2, 0.25) is 0 Å². The Labute approximate surface area is 100 Å². The normalized spacial score (nSPS) is 13.1. The van der Waals surface area contributed by atoms with Crippen LogP contribution in [0, 0.1) is 0 Å². The van der Waals surface area contributed by atoms with Gasteiger partial charge >= 0.3 is 5.76 Å². The Morgan fingerprint density at radius 2 is 2.18 bits per heavy atom. The van der Waals surface area contributed by atoms with E-state index in [1.165, 1.54) is 0 Å². The fourth-order valence-electron chi connectivity index (χ4n) is 2.08. The van der Waals surface area contributed by atoms with Crippen LogP contribution in [0.3, 0.4) is 0 Å². The fourth-order valence-corrected chi connectivity index (χ4v) is 2.08. The third-order valence-corrected chi connectivity index (χ3v) is 3.02. The second-order valence-electron chi connectivity index (χ2n) is 4.12. The molecule has 0 aliphatic rings. The predicted octanol–water partition coefficient (Wildman–Crippen LogP) is 2.28. The molecule has 1 aromatic heterocycles. The minimum atomic E-state index is -0.282. The van der Waals surface area contributed by atoms with E-state index in [-0.39, 0.29) is 11.8 Å². The van der Waals surface area contributed by atoms with E-state index >= 15 is 0 Å². The van der Waals surface area contributed by atoms with Gasteiger partial charge in [0, 0.05) is 12.6 Å². The molecule has 92 valence electrons. The van der Waals surface area contributed by atoms with E-state index in [1.54, 1.807) is 4.57 Å². The second kappa shape index (κ2) is 4.75. The van der Waals surface area contributed by atoms with Gasteiger partial charge in [0.15, 0.2) is 5.58 Å². The van der Waals surface area contributed by atoms with Gasteiger partial charge in [-0.05, 0) is 38.1 Å². The van der Waals surface area contributed by atoms with Crippen molar-refractivity contribution in [1.29, 1.82) is 0 Å². The van der Waals surface area contributed by atoms with Crippen LogP contribution in [0.1, 0.15) is 32.4 Å². The average Bonchev–Trinajstić information content (AvgIpc) is 2.63. The molecule has 0 saturated carbocycles. The minimum absolute atomic E-state index is 0.264. The highest BCUT2D eigenvalue weighted by Crippen LogP contribution is 2.19. The smallest absolute Gasteiger partial charge is 0.408 e. The third-order valence-electron chi connectivity index (χ3n) is 3.02. The zero-order valence-corrected chi connectivity index (χ0v) is 10.5. The molecule has 0 fully saturated rings. The molecule has 1 N–H and O–H groups in total. The lowest BCUT2D eigenvalue weighted by molar-refractivity contribution is 0.512. The van der Waals surface area contributed by atoms with Crippen molar-refractivity contribution in [2.45, 2.75) is 33.4 Å². The molecule has 1 heterocycles. The number of rotatable bonds is 4. The average molecular weight is 234 g/mol. The maximum Gasteiger partial charge on any atom is 0.419 e. The van der Waals surface area contributed by atoms with Gasteiger partial charge in [-0.25, -0.2) is 4.79 Å². The van der Waals surface area contributed by atoms with Crippen LogP contribution in [0.4, 0.5) is 0 Å². The van der Waals surface area contributed by atoms with E-state index in [1.807, 2.05) is 25.1 Å². The quantitative estimate of drug-likeness (QED) is 0.882. The van der Waals surface area contributed by atoms with Crippen LogP contribution >= 0.6 is 0 Å². The van der Waals surface area contributed by atoms with Crippen molar-refractivity contribution in [1.82, 2.24) is 9.88 Å². The van der Waals surface area contributed by atoms with Gasteiger partial charge in [-0.1, -0.05) is 13.0 Å². The van der Waals surface area contributed by atoms with Crippen molar-refractivity contribution in [2.75, 3.05) is 6.54 Å². The number of aromatic nitrogens is 1. The zero-order valence-electron chi connectivity index (χ0n) is 10.5. The summed E-state index contributed by atoms with van der Waals surface area (Å²) < 4.78 is 6.87. The summed E-state index contributed by atoms with van der Waals surface area (Å²) in [5.41, 5.74) is 2.67. The largest absolute Gasteiger partial charge is 0.419 e. The van der Waals surface area contributed by atoms with E-state index in [4.69, 9.17) is 4.42 Å². The number of hydrogen-bond acceptors (Lipinski definition) is 3. The zero-order chi connectivity index (χ0) is 12.4. The van der Waals surface area contributed by atoms with Gasteiger partial charge in [-0.3, -0.25) is 4.57 Å². The standard InChI is InChI=1S/C13H18N2O2/c1-4-14-9(3)10-6-7-11-12(8-10)17-13(16)15(11)5-2/h6-9,14H,4-5H2,1-3H3. The highest BCUT2D eigenvalue weighted by atomic mass is 16.4. The Kier molecular flexibility index (Phi) is 3.33. The van der Waals surface area contributed by atoms with Gasteiger partial charge < -0.3 is 9.73 Å². The van der Waals surface area contributed by atoms with Crippen LogP contribution < -0.4 is 11.1 Å². The third kappa shape index (κ3) is 2.13. The molecule has 1 unspecified atom stereocenters. The number of nitrogens with one attached hydrogen (secondary N) is 1. The monoisotopic (exact) mass is 234 g/mol. The van der Waals surface area contributed by atoms with Crippen molar-refractivity contribution in [2.24, 2.45) is 0 Å². The van der Waals surface area contributed by atoms with Crippen molar-refractivity contribution in [3.8, 4) is 0 Å². The first-order valence-electron chi connectivity index (χ1n) is 6.04. The molecule has 0 radical (unpaired) electrons. The summed E-state index contributed by atoms with van der Waals surface area (Å²) in [4.78, 5) is 11.6. The molecule has 2 rings (SSSR count). The molecule has 4 nitrogen and oxygen atoms in total. The van der Waals surface area contributed by atoms with Gasteiger partial charge in [-0.15, -0.1) is 0 Å². The van der Waals surface area contributed by atoms with Gasteiger partial charge in [0.1, 0.15) is 0 Å². The molecule has 1 atom stereocenters. The predicted molar refractivity (Wildman–Crippen MR) is 68.2 cm³/mol. The van der Waals surface area contributed by atoms with Gasteiger partial charge in [0.05, 0.1) is 5.52 Å². The van der Waals surface area contributed by atoms with E-state index in [0.29, 0.717) is 12.1 Å². The summed E-state index contributed by atoms with van der Waals surface area (Å²) in [5.74, 6) is -0.282. The molecule has 2 aromatic rings. The highest BCUT2D eigenvalue weighted by Gasteiger charge is 2.10. The summed E-state index contributed by atoms with van der Waals surface area (Å²) in [6, 6.07) is 6.19. The molecule has 0 aliphatic heterocycles. The molecule has 0 spiro atoms. The SMILES string of the molecule is CCNC(C)c1ccc2c(c1)oc(=O)n2CC. The summed E-state index contributed by atoms with van der Waals surface area (Å²) in [6.45, 7) is 7.65. The highest BCUT2D eigenvalue weighted by molar-refractivity contribution is 5.73. The minimum Gasteiger partial charge on any atom is -0.408 e. The number of hydrogen-bond donors (Lipinski definition) is 1. The van der Waals surface area contributed by atoms with Crippen LogP contribution in [0.15, 0.2) is 27.4 Å². The van der Waals surface area contributed by atoms with Crippen LogP contribution in [-0.4, -0.2) is 11.1 Å². The fraction of sp³-hybridized carbons (Fsp3) is 0.462. The van der Waals surface area contributed by atoms with Crippen molar-refractivity contribution >= 4 is 11.1 Å². The molecule has 0 amide bonds. The Morgan fingerprint density at radius 3 is 2.82 bits per heavy atom. The van der Waals surface area contributed by atoms with E-state index in [9.17, 15) is 4.79 Å². The first kappa shape index (κ1) is 11.9. The first-order chi connectivity index (χ1) is 8.17. The van der Waals surface area contributed by atoms with E-state index < -0.39 is 0 Å². The number of benzene rings is 1. The summed E-state index contributed by atoms with van der Waals surface area (Å²) in [6.07, 6.45) is 0. The van der Waals surface area contributed by atoms with Crippen molar-refractivity contribution < 1.29 is 4.42 Å². The van der Waals surface area contributed by atoms with Crippen LogP contribution in [0.2, 0.25) is 0 Å². The summed E-state index contributed by atoms with van der Waals surface area (Å²) >= 11 is 0. The first-order valence-corrected chi connectivity index (χ1v) is 6.04. The Bertz CT molecular complexity index is 568. The Balaban J connectivity index is 2.48. The molecule has 4 heteroatoms. The molecule has 0 aliphatic carbocycles. The van der Waals surface area contributed by atoms with Crippen LogP contribution in [0.25, 0.3) is 11.1 Å². The second-order valence-corrected chi connectivity index (χ2v) is 4.12. The number of aryl methyl sites for hydroxylation is 1. The van der Waals surface area contributed by atoms with E-state index in [0.717, 1.165) is 17.6 Å². The van der Waals surface area contributed by atoms with Crippen molar-refractivity contribution in [3.05, 3.63) is 34.3 Å². The summed E-state index contributed by atoms with van der Waals surface area (Å²) in [5, 5.41) is 3.34. The molecule has 1 aromatic carbocycles. The topological polar surface area (TPSA) is 47.2 Å². The lowest BCUT2D eigenvalue weighted by Crippen LogP contribution is -2.17. The lowest BCUT2D eigenvalue weighted by Gasteiger charge is -2.12. The maximum atomic E-state index is 11.6. The molecular formula is C13H18N2O2. The number of fused-ring (bicyclic) bond motifs is 1. The van der Waals surface area contributed by atoms with Gasteiger partial charge in [-0.2, -0.15) is 0 Å². The van der Waals surface area contributed by atoms with Gasteiger partial charge in [0.25, 0.3) is 0 Å². The number of nitrogens with zero attached hydrogens (tertiary/aromatic N) is 1. The molecule has 0 saturated heterocycles. The molecule has 0 bridgehead atoms. The Morgan fingerprint density at radius 1 is 1.41 bits per heavy atom. The summed E-state index contributed by atoms with van der Waals surface area (Å²) in [7, 11) is 0. The number of oxazole rings is 1. The van der Waals surface area contributed by atoms with Crippen LogP contribution in [-0.2, 0) is 6.54 Å². The lowest BCUT2D eigenvalue weighted by atomic mass is 10.1. The van der Waals surface area contributed by atoms with Crippen LogP contribution in [0.5, 0.6) is 0 Å². The Hall–Kier alpha value is -1.55.